The van der Waals surface area contributed by atoms with Gasteiger partial charge in [-0.25, -0.2) is 0 Å². The molecular formula is C14H25N3. The average molecular weight is 235 g/mol. The summed E-state index contributed by atoms with van der Waals surface area (Å²) >= 11 is 0. The molecule has 0 fully saturated rings. The van der Waals surface area contributed by atoms with Crippen molar-refractivity contribution in [2.24, 2.45) is 5.92 Å². The van der Waals surface area contributed by atoms with Crippen LogP contribution in [0.1, 0.15) is 40.2 Å². The fourth-order valence-electron chi connectivity index (χ4n) is 1.41. The number of hydrogen-bond donors (Lipinski definition) is 2. The molecule has 1 aromatic rings. The van der Waals surface area contributed by atoms with Crippen LogP contribution in [-0.2, 0) is 6.54 Å². The molecule has 0 atom stereocenters. The number of rotatable bonds is 5. The molecule has 1 heterocycles. The highest BCUT2D eigenvalue weighted by atomic mass is 15.0. The largest absolute Gasteiger partial charge is 0.384 e. The maximum atomic E-state index is 4.19. The van der Waals surface area contributed by atoms with Gasteiger partial charge in [-0.2, -0.15) is 0 Å². The molecule has 0 spiro atoms. The summed E-state index contributed by atoms with van der Waals surface area (Å²) in [5.41, 5.74) is 2.54. The predicted octanol–water partition coefficient (Wildman–Crippen LogP) is 3.04. The van der Waals surface area contributed by atoms with Gasteiger partial charge in [-0.3, -0.25) is 4.98 Å². The van der Waals surface area contributed by atoms with E-state index in [-0.39, 0.29) is 5.54 Å². The third-order valence-corrected chi connectivity index (χ3v) is 2.41. The molecule has 0 aliphatic carbocycles. The van der Waals surface area contributed by atoms with Crippen molar-refractivity contribution in [3.8, 4) is 0 Å². The Labute approximate surface area is 105 Å². The van der Waals surface area contributed by atoms with Crippen molar-refractivity contribution in [2.75, 3.05) is 11.9 Å². The highest BCUT2D eigenvalue weighted by molar-refractivity contribution is 5.49. The molecule has 3 nitrogen and oxygen atoms in total. The summed E-state index contributed by atoms with van der Waals surface area (Å²) in [5.74, 6) is 0.645. The Morgan fingerprint density at radius 3 is 2.59 bits per heavy atom. The number of anilines is 1. The van der Waals surface area contributed by atoms with E-state index in [0.717, 1.165) is 13.1 Å². The Kier molecular flexibility index (Phi) is 4.94. The first kappa shape index (κ1) is 14.0. The standard InChI is InChI=1S/C14H25N3/c1-11(2)8-16-13-6-7-15-9-12(13)10-17-14(3,4)5/h6-7,9,11,17H,8,10H2,1-5H3,(H,15,16). The lowest BCUT2D eigenvalue weighted by Gasteiger charge is -2.22. The van der Waals surface area contributed by atoms with Crippen LogP contribution in [-0.4, -0.2) is 17.1 Å². The Bertz CT molecular complexity index is 340. The minimum Gasteiger partial charge on any atom is -0.384 e. The summed E-state index contributed by atoms with van der Waals surface area (Å²) in [4.78, 5) is 4.19. The lowest BCUT2D eigenvalue weighted by atomic mass is 10.1. The van der Waals surface area contributed by atoms with Crippen LogP contribution in [0.2, 0.25) is 0 Å². The molecule has 2 N–H and O–H groups in total. The van der Waals surface area contributed by atoms with E-state index < -0.39 is 0 Å². The molecule has 1 rings (SSSR count). The number of hydrogen-bond acceptors (Lipinski definition) is 3. The van der Waals surface area contributed by atoms with Gasteiger partial charge < -0.3 is 10.6 Å². The average Bonchev–Trinajstić information content (AvgIpc) is 2.23. The fraction of sp³-hybridized carbons (Fsp3) is 0.643. The van der Waals surface area contributed by atoms with Crippen LogP contribution in [0.25, 0.3) is 0 Å². The van der Waals surface area contributed by atoms with Crippen molar-refractivity contribution < 1.29 is 0 Å². The lowest BCUT2D eigenvalue weighted by Crippen LogP contribution is -2.35. The van der Waals surface area contributed by atoms with Crippen LogP contribution in [0, 0.1) is 5.92 Å². The number of nitrogens with zero attached hydrogens (tertiary/aromatic N) is 1. The van der Waals surface area contributed by atoms with Crippen molar-refractivity contribution in [1.82, 2.24) is 10.3 Å². The molecule has 3 heteroatoms. The molecule has 0 radical (unpaired) electrons. The van der Waals surface area contributed by atoms with Gasteiger partial charge in [0.1, 0.15) is 0 Å². The van der Waals surface area contributed by atoms with Crippen LogP contribution >= 0.6 is 0 Å². The molecule has 0 amide bonds. The van der Waals surface area contributed by atoms with Gasteiger partial charge >= 0.3 is 0 Å². The monoisotopic (exact) mass is 235 g/mol. The second-order valence-electron chi connectivity index (χ2n) is 5.91. The zero-order valence-corrected chi connectivity index (χ0v) is 11.7. The molecule has 1 aromatic heterocycles. The summed E-state index contributed by atoms with van der Waals surface area (Å²) in [6, 6.07) is 2.04. The van der Waals surface area contributed by atoms with E-state index >= 15 is 0 Å². The molecule has 0 aliphatic heterocycles. The first-order valence-corrected chi connectivity index (χ1v) is 6.30. The SMILES string of the molecule is CC(C)CNc1ccncc1CNC(C)(C)C. The third kappa shape index (κ3) is 5.68. The fourth-order valence-corrected chi connectivity index (χ4v) is 1.41. The first-order chi connectivity index (χ1) is 7.88. The second kappa shape index (κ2) is 6.01. The normalized spacial score (nSPS) is 11.9. The van der Waals surface area contributed by atoms with Crippen LogP contribution in [0.5, 0.6) is 0 Å². The molecule has 17 heavy (non-hydrogen) atoms. The Balaban J connectivity index is 2.64. The van der Waals surface area contributed by atoms with Crippen LogP contribution in [0.15, 0.2) is 18.5 Å². The molecular weight excluding hydrogens is 210 g/mol. The van der Waals surface area contributed by atoms with Crippen LogP contribution in [0.3, 0.4) is 0 Å². The number of nitrogens with one attached hydrogen (secondary N) is 2. The van der Waals surface area contributed by atoms with Gasteiger partial charge in [0, 0.05) is 42.3 Å². The molecule has 0 saturated heterocycles. The number of pyridine rings is 1. The summed E-state index contributed by atoms with van der Waals surface area (Å²) in [7, 11) is 0. The third-order valence-electron chi connectivity index (χ3n) is 2.41. The van der Waals surface area contributed by atoms with Gasteiger partial charge in [-0.05, 0) is 32.8 Å². The summed E-state index contributed by atoms with van der Waals surface area (Å²) in [6.07, 6.45) is 3.77. The van der Waals surface area contributed by atoms with Crippen molar-refractivity contribution in [3.05, 3.63) is 24.0 Å². The Morgan fingerprint density at radius 1 is 1.29 bits per heavy atom. The molecule has 0 saturated carbocycles. The van der Waals surface area contributed by atoms with Gasteiger partial charge in [-0.1, -0.05) is 13.8 Å². The van der Waals surface area contributed by atoms with Crippen LogP contribution < -0.4 is 10.6 Å². The maximum Gasteiger partial charge on any atom is 0.0416 e. The number of aromatic nitrogens is 1. The van der Waals surface area contributed by atoms with Crippen molar-refractivity contribution in [2.45, 2.75) is 46.7 Å². The van der Waals surface area contributed by atoms with E-state index in [1.807, 2.05) is 18.5 Å². The van der Waals surface area contributed by atoms with Crippen molar-refractivity contribution in [3.63, 3.8) is 0 Å². The van der Waals surface area contributed by atoms with E-state index in [9.17, 15) is 0 Å². The van der Waals surface area contributed by atoms with Gasteiger partial charge in [0.05, 0.1) is 0 Å². The van der Waals surface area contributed by atoms with E-state index in [0.29, 0.717) is 5.92 Å². The Hall–Kier alpha value is -1.09. The summed E-state index contributed by atoms with van der Waals surface area (Å²) < 4.78 is 0. The smallest absolute Gasteiger partial charge is 0.0416 e. The van der Waals surface area contributed by atoms with E-state index in [4.69, 9.17) is 0 Å². The predicted molar refractivity (Wildman–Crippen MR) is 74.2 cm³/mol. The second-order valence-corrected chi connectivity index (χ2v) is 5.91. The van der Waals surface area contributed by atoms with Gasteiger partial charge in [0.15, 0.2) is 0 Å². The van der Waals surface area contributed by atoms with Gasteiger partial charge in [0.25, 0.3) is 0 Å². The molecule has 0 bridgehead atoms. The molecule has 0 aromatic carbocycles. The summed E-state index contributed by atoms with van der Waals surface area (Å²) in [6.45, 7) is 12.8. The molecule has 0 unspecified atom stereocenters. The van der Waals surface area contributed by atoms with E-state index in [2.05, 4.69) is 50.2 Å². The first-order valence-electron chi connectivity index (χ1n) is 6.30. The minimum atomic E-state index is 0.130. The highest BCUT2D eigenvalue weighted by Crippen LogP contribution is 2.15. The lowest BCUT2D eigenvalue weighted by molar-refractivity contribution is 0.424. The van der Waals surface area contributed by atoms with Crippen LogP contribution in [0.4, 0.5) is 5.69 Å². The molecule has 96 valence electrons. The van der Waals surface area contributed by atoms with Crippen molar-refractivity contribution in [1.29, 1.82) is 0 Å². The van der Waals surface area contributed by atoms with E-state index in [1.165, 1.54) is 11.3 Å². The molecule has 0 aliphatic rings. The minimum absolute atomic E-state index is 0.130. The van der Waals surface area contributed by atoms with E-state index in [1.54, 1.807) is 0 Å². The summed E-state index contributed by atoms with van der Waals surface area (Å²) in [5, 5.41) is 6.96. The zero-order chi connectivity index (χ0) is 12.9. The van der Waals surface area contributed by atoms with Gasteiger partial charge in [0.2, 0.25) is 0 Å². The van der Waals surface area contributed by atoms with Crippen molar-refractivity contribution >= 4 is 5.69 Å². The zero-order valence-electron chi connectivity index (χ0n) is 11.7. The van der Waals surface area contributed by atoms with Gasteiger partial charge in [-0.15, -0.1) is 0 Å². The quantitative estimate of drug-likeness (QED) is 0.823. The topological polar surface area (TPSA) is 37.0 Å². The highest BCUT2D eigenvalue weighted by Gasteiger charge is 2.10. The maximum absolute atomic E-state index is 4.19. The Morgan fingerprint density at radius 2 is 2.00 bits per heavy atom.